The SMILES string of the molecule is C(#Cc1ccc(-c2cccn3nc(-c4ccccc4)cc23)nn1)c1ccccc1. The third-order valence-corrected chi connectivity index (χ3v) is 4.62. The molecule has 5 aromatic rings. The summed E-state index contributed by atoms with van der Waals surface area (Å²) in [6.07, 6.45) is 1.94. The predicted molar refractivity (Wildman–Crippen MR) is 114 cm³/mol. The molecule has 136 valence electrons. The van der Waals surface area contributed by atoms with Crippen LogP contribution in [-0.4, -0.2) is 19.8 Å². The summed E-state index contributed by atoms with van der Waals surface area (Å²) in [6.45, 7) is 0. The van der Waals surface area contributed by atoms with Crippen LogP contribution in [0.15, 0.2) is 97.2 Å². The molecule has 0 saturated carbocycles. The van der Waals surface area contributed by atoms with Crippen LogP contribution >= 0.6 is 0 Å². The van der Waals surface area contributed by atoms with Crippen molar-refractivity contribution in [2.45, 2.75) is 0 Å². The largest absolute Gasteiger partial charge is 0.240 e. The minimum Gasteiger partial charge on any atom is -0.240 e. The Kier molecular flexibility index (Phi) is 4.32. The smallest absolute Gasteiger partial charge is 0.136 e. The van der Waals surface area contributed by atoms with Crippen LogP contribution in [0.2, 0.25) is 0 Å². The lowest BCUT2D eigenvalue weighted by molar-refractivity contribution is 0.962. The average molecular weight is 372 g/mol. The van der Waals surface area contributed by atoms with E-state index in [1.54, 1.807) is 0 Å². The quantitative estimate of drug-likeness (QED) is 0.416. The third-order valence-electron chi connectivity index (χ3n) is 4.62. The van der Waals surface area contributed by atoms with Crippen LogP contribution in [0, 0.1) is 11.8 Å². The maximum absolute atomic E-state index is 4.70. The Morgan fingerprint density at radius 2 is 1.45 bits per heavy atom. The Balaban J connectivity index is 1.49. The maximum Gasteiger partial charge on any atom is 0.136 e. The highest BCUT2D eigenvalue weighted by molar-refractivity contribution is 5.81. The van der Waals surface area contributed by atoms with Crippen molar-refractivity contribution >= 4 is 5.52 Å². The molecule has 0 spiro atoms. The molecule has 0 unspecified atom stereocenters. The summed E-state index contributed by atoms with van der Waals surface area (Å²) in [5.41, 5.74) is 6.37. The molecule has 0 aliphatic rings. The number of aromatic nitrogens is 4. The van der Waals surface area contributed by atoms with Gasteiger partial charge in [0.2, 0.25) is 0 Å². The standard InChI is InChI=1S/C25H16N4/c1-3-8-19(9-4-1)13-14-21-15-16-23(27-26-21)22-12-7-17-29-25(22)18-24(28-29)20-10-5-2-6-11-20/h1-12,15-18H. The van der Waals surface area contributed by atoms with Gasteiger partial charge in [-0.25, -0.2) is 4.52 Å². The predicted octanol–water partition coefficient (Wildman–Crippen LogP) is 4.86. The highest BCUT2D eigenvalue weighted by atomic mass is 15.2. The van der Waals surface area contributed by atoms with Crippen LogP contribution < -0.4 is 0 Å². The van der Waals surface area contributed by atoms with Crippen molar-refractivity contribution in [1.29, 1.82) is 0 Å². The van der Waals surface area contributed by atoms with E-state index >= 15 is 0 Å². The van der Waals surface area contributed by atoms with E-state index in [-0.39, 0.29) is 0 Å². The lowest BCUT2D eigenvalue weighted by atomic mass is 10.1. The number of pyridine rings is 1. The lowest BCUT2D eigenvalue weighted by Crippen LogP contribution is -1.94. The van der Waals surface area contributed by atoms with E-state index in [0.717, 1.165) is 33.6 Å². The lowest BCUT2D eigenvalue weighted by Gasteiger charge is -2.02. The summed E-state index contributed by atoms with van der Waals surface area (Å²) in [5, 5.41) is 13.4. The van der Waals surface area contributed by atoms with Gasteiger partial charge in [-0.1, -0.05) is 54.5 Å². The van der Waals surface area contributed by atoms with E-state index in [1.807, 2.05) is 83.5 Å². The molecule has 0 fully saturated rings. The Hall–Kier alpha value is -4.23. The molecule has 0 aliphatic carbocycles. The molecule has 0 saturated heterocycles. The van der Waals surface area contributed by atoms with Gasteiger partial charge in [0.15, 0.2) is 0 Å². The van der Waals surface area contributed by atoms with E-state index in [9.17, 15) is 0 Å². The molecule has 0 aliphatic heterocycles. The summed E-state index contributed by atoms with van der Waals surface area (Å²) >= 11 is 0. The Morgan fingerprint density at radius 1 is 0.655 bits per heavy atom. The number of nitrogens with zero attached hydrogens (tertiary/aromatic N) is 4. The zero-order valence-corrected chi connectivity index (χ0v) is 15.5. The van der Waals surface area contributed by atoms with E-state index in [0.29, 0.717) is 5.69 Å². The van der Waals surface area contributed by atoms with E-state index in [4.69, 9.17) is 5.10 Å². The molecule has 4 heteroatoms. The number of hydrogen-bond acceptors (Lipinski definition) is 3. The molecule has 3 heterocycles. The first-order valence-corrected chi connectivity index (χ1v) is 9.32. The molecule has 2 aromatic carbocycles. The summed E-state index contributed by atoms with van der Waals surface area (Å²) in [7, 11) is 0. The average Bonchev–Trinajstić information content (AvgIpc) is 3.24. The van der Waals surface area contributed by atoms with E-state index in [2.05, 4.69) is 40.2 Å². The molecule has 0 N–H and O–H groups in total. The van der Waals surface area contributed by atoms with Crippen LogP contribution in [0.4, 0.5) is 0 Å². The van der Waals surface area contributed by atoms with Gasteiger partial charge in [0, 0.05) is 22.9 Å². The molecule has 0 amide bonds. The van der Waals surface area contributed by atoms with Crippen LogP contribution in [0.25, 0.3) is 28.0 Å². The first-order chi connectivity index (χ1) is 14.4. The fraction of sp³-hybridized carbons (Fsp3) is 0. The Labute approximate surface area is 168 Å². The monoisotopic (exact) mass is 372 g/mol. The molecule has 0 bridgehead atoms. The Morgan fingerprint density at radius 3 is 2.21 bits per heavy atom. The fourth-order valence-corrected chi connectivity index (χ4v) is 3.18. The first-order valence-electron chi connectivity index (χ1n) is 9.32. The van der Waals surface area contributed by atoms with E-state index in [1.165, 1.54) is 0 Å². The molecular weight excluding hydrogens is 356 g/mol. The van der Waals surface area contributed by atoms with Gasteiger partial charge < -0.3 is 0 Å². The highest BCUT2D eigenvalue weighted by Crippen LogP contribution is 2.26. The molecule has 4 nitrogen and oxygen atoms in total. The molecule has 5 rings (SSSR count). The first kappa shape index (κ1) is 16.9. The summed E-state index contributed by atoms with van der Waals surface area (Å²) < 4.78 is 1.88. The molecule has 3 aromatic heterocycles. The number of hydrogen-bond donors (Lipinski definition) is 0. The molecule has 29 heavy (non-hydrogen) atoms. The molecule has 0 radical (unpaired) electrons. The van der Waals surface area contributed by atoms with Gasteiger partial charge in [-0.2, -0.15) is 5.10 Å². The number of fused-ring (bicyclic) bond motifs is 1. The van der Waals surface area contributed by atoms with Crippen LogP contribution in [0.3, 0.4) is 0 Å². The fourth-order valence-electron chi connectivity index (χ4n) is 3.18. The normalized spacial score (nSPS) is 10.5. The van der Waals surface area contributed by atoms with Gasteiger partial charge in [-0.15, -0.1) is 10.2 Å². The van der Waals surface area contributed by atoms with Crippen molar-refractivity contribution in [3.05, 3.63) is 108 Å². The van der Waals surface area contributed by atoms with E-state index < -0.39 is 0 Å². The van der Waals surface area contributed by atoms with Crippen molar-refractivity contribution in [2.75, 3.05) is 0 Å². The zero-order chi connectivity index (χ0) is 19.5. The summed E-state index contributed by atoms with van der Waals surface area (Å²) in [6, 6.07) is 29.9. The van der Waals surface area contributed by atoms with Gasteiger partial charge in [0.05, 0.1) is 16.9 Å². The third kappa shape index (κ3) is 3.50. The highest BCUT2D eigenvalue weighted by Gasteiger charge is 2.10. The van der Waals surface area contributed by atoms with Crippen molar-refractivity contribution in [3.63, 3.8) is 0 Å². The van der Waals surface area contributed by atoms with Gasteiger partial charge in [-0.3, -0.25) is 0 Å². The van der Waals surface area contributed by atoms with Crippen molar-refractivity contribution in [2.24, 2.45) is 0 Å². The van der Waals surface area contributed by atoms with Gasteiger partial charge >= 0.3 is 0 Å². The van der Waals surface area contributed by atoms with Crippen LogP contribution in [-0.2, 0) is 0 Å². The number of benzene rings is 2. The molecular formula is C25H16N4. The van der Waals surface area contributed by atoms with Crippen molar-refractivity contribution in [3.8, 4) is 34.4 Å². The van der Waals surface area contributed by atoms with Gasteiger partial charge in [-0.05, 0) is 48.4 Å². The van der Waals surface area contributed by atoms with Crippen LogP contribution in [0.1, 0.15) is 11.3 Å². The van der Waals surface area contributed by atoms with Crippen molar-refractivity contribution in [1.82, 2.24) is 19.8 Å². The summed E-state index contributed by atoms with van der Waals surface area (Å²) in [4.78, 5) is 0. The second-order valence-electron chi connectivity index (χ2n) is 6.57. The van der Waals surface area contributed by atoms with Crippen molar-refractivity contribution < 1.29 is 0 Å². The zero-order valence-electron chi connectivity index (χ0n) is 15.5. The van der Waals surface area contributed by atoms with Crippen LogP contribution in [0.5, 0.6) is 0 Å². The van der Waals surface area contributed by atoms with Gasteiger partial charge in [0.1, 0.15) is 5.69 Å². The summed E-state index contributed by atoms with van der Waals surface area (Å²) in [5.74, 6) is 6.17. The molecule has 0 atom stereocenters. The minimum atomic E-state index is 0.642. The number of rotatable bonds is 2. The second-order valence-corrected chi connectivity index (χ2v) is 6.57. The minimum absolute atomic E-state index is 0.642. The second kappa shape index (κ2) is 7.41. The maximum atomic E-state index is 4.70. The topological polar surface area (TPSA) is 43.1 Å². The van der Waals surface area contributed by atoms with Gasteiger partial charge in [0.25, 0.3) is 0 Å². The Bertz CT molecular complexity index is 1330.